The molecule has 1 aliphatic rings. The Balaban J connectivity index is 0.00000242. The molecule has 22 heavy (non-hydrogen) atoms. The molecular formula is C12H19ClF3N3O2S. The van der Waals surface area contributed by atoms with E-state index in [4.69, 9.17) is 0 Å². The van der Waals surface area contributed by atoms with E-state index in [1.165, 1.54) is 7.05 Å². The maximum absolute atomic E-state index is 15.0. The summed E-state index contributed by atoms with van der Waals surface area (Å²) in [6, 6.07) is 0. The zero-order valence-corrected chi connectivity index (χ0v) is 13.9. The second-order valence-electron chi connectivity index (χ2n) is 5.37. The summed E-state index contributed by atoms with van der Waals surface area (Å²) in [6.45, 7) is 1.98. The van der Waals surface area contributed by atoms with Gasteiger partial charge in [-0.15, -0.1) is 12.4 Å². The van der Waals surface area contributed by atoms with E-state index in [0.29, 0.717) is 25.9 Å². The Kier molecular flexibility index (Phi) is 5.91. The molecule has 0 spiro atoms. The normalized spacial score (nSPS) is 19.7. The molecule has 1 fully saturated rings. The quantitative estimate of drug-likeness (QED) is 0.893. The highest BCUT2D eigenvalue weighted by Crippen LogP contribution is 2.40. The highest BCUT2D eigenvalue weighted by atomic mass is 35.5. The molecule has 2 heterocycles. The van der Waals surface area contributed by atoms with Crippen LogP contribution in [0.5, 0.6) is 0 Å². The van der Waals surface area contributed by atoms with Gasteiger partial charge in [0.2, 0.25) is 14.8 Å². The average molecular weight is 362 g/mol. The molecule has 0 radical (unpaired) electrons. The minimum atomic E-state index is -4.55. The summed E-state index contributed by atoms with van der Waals surface area (Å²) in [5.74, 6) is -0.727. The second-order valence-corrected chi connectivity index (χ2v) is 7.61. The summed E-state index contributed by atoms with van der Waals surface area (Å²) in [6.07, 6.45) is -1.44. The zero-order valence-electron chi connectivity index (χ0n) is 12.2. The number of halogens is 4. The summed E-state index contributed by atoms with van der Waals surface area (Å²) < 4.78 is 66.8. The number of hydrogen-bond acceptors (Lipinski definition) is 4. The van der Waals surface area contributed by atoms with Crippen molar-refractivity contribution in [1.29, 1.82) is 0 Å². The van der Waals surface area contributed by atoms with E-state index in [0.717, 1.165) is 17.8 Å². The van der Waals surface area contributed by atoms with Gasteiger partial charge in [-0.25, -0.2) is 21.6 Å². The van der Waals surface area contributed by atoms with Gasteiger partial charge in [0.05, 0.1) is 0 Å². The number of nitrogens with zero attached hydrogens (tertiary/aromatic N) is 2. The van der Waals surface area contributed by atoms with Crippen LogP contribution in [0.4, 0.5) is 13.2 Å². The Morgan fingerprint density at radius 1 is 1.41 bits per heavy atom. The van der Waals surface area contributed by atoms with E-state index < -0.39 is 37.8 Å². The Morgan fingerprint density at radius 2 is 1.95 bits per heavy atom. The van der Waals surface area contributed by atoms with E-state index in [-0.39, 0.29) is 12.4 Å². The van der Waals surface area contributed by atoms with E-state index in [1.807, 2.05) is 0 Å². The van der Waals surface area contributed by atoms with Crippen LogP contribution in [0.25, 0.3) is 0 Å². The van der Waals surface area contributed by atoms with Crippen LogP contribution in [0.15, 0.2) is 11.1 Å². The highest BCUT2D eigenvalue weighted by Gasteiger charge is 2.49. The SMILES string of the molecule is Cl.Cn1cc(S(=O)(=O)C(C)(F)C2CCNCC2)c(C(F)F)n1. The predicted molar refractivity (Wildman–Crippen MR) is 77.7 cm³/mol. The van der Waals surface area contributed by atoms with Crippen LogP contribution < -0.4 is 5.32 Å². The van der Waals surface area contributed by atoms with Crippen LogP contribution in [0, 0.1) is 5.92 Å². The van der Waals surface area contributed by atoms with Crippen molar-refractivity contribution in [2.45, 2.75) is 36.1 Å². The van der Waals surface area contributed by atoms with Gasteiger partial charge < -0.3 is 5.32 Å². The molecule has 0 saturated carbocycles. The molecule has 1 N–H and O–H groups in total. The van der Waals surface area contributed by atoms with Crippen molar-refractivity contribution in [3.63, 3.8) is 0 Å². The van der Waals surface area contributed by atoms with Crippen molar-refractivity contribution in [2.75, 3.05) is 13.1 Å². The van der Waals surface area contributed by atoms with Gasteiger partial charge >= 0.3 is 0 Å². The van der Waals surface area contributed by atoms with Gasteiger partial charge in [-0.3, -0.25) is 4.68 Å². The van der Waals surface area contributed by atoms with Crippen LogP contribution >= 0.6 is 12.4 Å². The van der Waals surface area contributed by atoms with Gasteiger partial charge in [0.15, 0.2) is 0 Å². The first kappa shape index (κ1) is 19.2. The maximum atomic E-state index is 15.0. The minimum absolute atomic E-state index is 0. The number of nitrogens with one attached hydrogen (secondary N) is 1. The Hall–Kier alpha value is -0.800. The van der Waals surface area contributed by atoms with Gasteiger partial charge in [-0.05, 0) is 32.9 Å². The number of sulfone groups is 1. The van der Waals surface area contributed by atoms with Crippen molar-refractivity contribution >= 4 is 22.2 Å². The number of aromatic nitrogens is 2. The summed E-state index contributed by atoms with van der Waals surface area (Å²) in [4.78, 5) is -0.719. The van der Waals surface area contributed by atoms with Gasteiger partial charge in [0.25, 0.3) is 6.43 Å². The molecule has 1 atom stereocenters. The number of alkyl halides is 3. The highest BCUT2D eigenvalue weighted by molar-refractivity contribution is 7.92. The molecule has 0 aromatic carbocycles. The molecule has 1 aromatic rings. The lowest BCUT2D eigenvalue weighted by atomic mass is 9.93. The van der Waals surface area contributed by atoms with Crippen molar-refractivity contribution in [2.24, 2.45) is 13.0 Å². The fourth-order valence-electron chi connectivity index (χ4n) is 2.61. The molecule has 10 heteroatoms. The summed E-state index contributed by atoms with van der Waals surface area (Å²) >= 11 is 0. The fraction of sp³-hybridized carbons (Fsp3) is 0.750. The lowest BCUT2D eigenvalue weighted by molar-refractivity contribution is 0.140. The molecule has 1 aromatic heterocycles. The zero-order chi connectivity index (χ0) is 15.8. The summed E-state index contributed by atoms with van der Waals surface area (Å²) in [5.41, 5.74) is -0.893. The molecule has 1 aliphatic heterocycles. The fourth-order valence-corrected chi connectivity index (χ4v) is 4.42. The first-order valence-electron chi connectivity index (χ1n) is 6.64. The topological polar surface area (TPSA) is 64.0 Å². The number of aryl methyl sites for hydroxylation is 1. The van der Waals surface area contributed by atoms with Crippen LogP contribution in [0.1, 0.15) is 31.9 Å². The third-order valence-electron chi connectivity index (χ3n) is 3.91. The van der Waals surface area contributed by atoms with E-state index in [2.05, 4.69) is 10.4 Å². The van der Waals surface area contributed by atoms with Gasteiger partial charge in [-0.1, -0.05) is 0 Å². The monoisotopic (exact) mass is 361 g/mol. The van der Waals surface area contributed by atoms with E-state index >= 15 is 0 Å². The molecule has 1 saturated heterocycles. The standard InChI is InChI=1S/C12H18F3N3O2S.ClH/c1-12(15,8-3-5-16-6-4-8)21(19,20)9-7-18(2)17-10(9)11(13)14;/h7-8,11,16H,3-6H2,1-2H3;1H. The molecule has 1 unspecified atom stereocenters. The van der Waals surface area contributed by atoms with Crippen LogP contribution in [0.3, 0.4) is 0 Å². The van der Waals surface area contributed by atoms with Crippen LogP contribution in [0.2, 0.25) is 0 Å². The van der Waals surface area contributed by atoms with Gasteiger partial charge in [-0.2, -0.15) is 5.10 Å². The largest absolute Gasteiger partial charge is 0.317 e. The van der Waals surface area contributed by atoms with Crippen molar-refractivity contribution < 1.29 is 21.6 Å². The van der Waals surface area contributed by atoms with E-state index in [9.17, 15) is 21.6 Å². The maximum Gasteiger partial charge on any atom is 0.283 e. The first-order chi connectivity index (χ1) is 9.68. The molecule has 0 bridgehead atoms. The molecule has 2 rings (SSSR count). The number of hydrogen-bond donors (Lipinski definition) is 1. The van der Waals surface area contributed by atoms with Gasteiger partial charge in [0.1, 0.15) is 10.6 Å². The lowest BCUT2D eigenvalue weighted by Gasteiger charge is -2.33. The molecule has 0 aliphatic carbocycles. The Labute approximate surface area is 133 Å². The third kappa shape index (κ3) is 3.26. The Bertz CT molecular complexity index is 613. The summed E-state index contributed by atoms with van der Waals surface area (Å²) in [7, 11) is -3.23. The van der Waals surface area contributed by atoms with Crippen LogP contribution in [-0.4, -0.2) is 36.3 Å². The van der Waals surface area contributed by atoms with E-state index in [1.54, 1.807) is 0 Å². The van der Waals surface area contributed by atoms with Crippen molar-refractivity contribution in [3.05, 3.63) is 11.9 Å². The Morgan fingerprint density at radius 3 is 2.45 bits per heavy atom. The molecule has 5 nitrogen and oxygen atoms in total. The smallest absolute Gasteiger partial charge is 0.283 e. The number of piperidine rings is 1. The van der Waals surface area contributed by atoms with Crippen LogP contribution in [-0.2, 0) is 16.9 Å². The summed E-state index contributed by atoms with van der Waals surface area (Å²) in [5, 5.41) is 3.86. The van der Waals surface area contributed by atoms with Gasteiger partial charge in [0, 0.05) is 19.2 Å². The third-order valence-corrected chi connectivity index (χ3v) is 6.19. The molecular weight excluding hydrogens is 343 g/mol. The second kappa shape index (κ2) is 6.76. The van der Waals surface area contributed by atoms with Crippen molar-refractivity contribution in [1.82, 2.24) is 15.1 Å². The molecule has 128 valence electrons. The average Bonchev–Trinajstić information content (AvgIpc) is 2.82. The first-order valence-corrected chi connectivity index (χ1v) is 8.12. The number of rotatable bonds is 4. The lowest BCUT2D eigenvalue weighted by Crippen LogP contribution is -2.44. The molecule has 0 amide bonds. The minimum Gasteiger partial charge on any atom is -0.317 e. The predicted octanol–water partition coefficient (Wildman–Crippen LogP) is 2.24. The van der Waals surface area contributed by atoms with Crippen molar-refractivity contribution in [3.8, 4) is 0 Å².